The fraction of sp³-hybridized carbons (Fsp3) is 0.188. The lowest BCUT2D eigenvalue weighted by atomic mass is 9.98. The Kier molecular flexibility index (Phi) is 3.85. The minimum atomic E-state index is 0.654. The van der Waals surface area contributed by atoms with Gasteiger partial charge in [-0.2, -0.15) is 0 Å². The average Bonchev–Trinajstić information content (AvgIpc) is 2.46. The first-order valence-corrected chi connectivity index (χ1v) is 5.97. The highest BCUT2D eigenvalue weighted by atomic mass is 16.5. The summed E-state index contributed by atoms with van der Waals surface area (Å²) in [5.41, 5.74) is 3.54. The predicted octanol–water partition coefficient (Wildman–Crippen LogP) is 3.49. The lowest BCUT2D eigenvalue weighted by Gasteiger charge is -2.11. The third kappa shape index (κ3) is 2.76. The second kappa shape index (κ2) is 5.57. The van der Waals surface area contributed by atoms with Gasteiger partial charge in [-0.3, -0.25) is 4.79 Å². The minimum Gasteiger partial charge on any atom is -0.497 e. The van der Waals surface area contributed by atoms with Crippen LogP contribution in [0.5, 0.6) is 11.5 Å². The molecule has 0 aliphatic heterocycles. The van der Waals surface area contributed by atoms with E-state index in [0.717, 1.165) is 23.0 Å². The van der Waals surface area contributed by atoms with Gasteiger partial charge in [0.15, 0.2) is 6.29 Å². The van der Waals surface area contributed by atoms with Crippen molar-refractivity contribution >= 4 is 6.29 Å². The summed E-state index contributed by atoms with van der Waals surface area (Å²) in [5, 5.41) is 0. The second-order valence-electron chi connectivity index (χ2n) is 4.31. The summed E-state index contributed by atoms with van der Waals surface area (Å²) in [7, 11) is 3.21. The van der Waals surface area contributed by atoms with Crippen LogP contribution in [0.1, 0.15) is 15.9 Å². The molecule has 2 rings (SSSR count). The van der Waals surface area contributed by atoms with Gasteiger partial charge in [-0.25, -0.2) is 0 Å². The molecular weight excluding hydrogens is 240 g/mol. The summed E-state index contributed by atoms with van der Waals surface area (Å²) < 4.78 is 10.5. The predicted molar refractivity (Wildman–Crippen MR) is 75.1 cm³/mol. The number of methoxy groups -OCH3 is 2. The van der Waals surface area contributed by atoms with Gasteiger partial charge < -0.3 is 9.47 Å². The maximum absolute atomic E-state index is 11.2. The number of hydrogen-bond donors (Lipinski definition) is 0. The molecule has 0 spiro atoms. The van der Waals surface area contributed by atoms with Crippen LogP contribution in [0.2, 0.25) is 0 Å². The molecule has 0 radical (unpaired) electrons. The number of aryl methyl sites for hydroxylation is 1. The number of aldehydes is 1. The standard InChI is InChI=1S/C16H16O3/c1-11-4-5-12(10-17)16(6-11)13-7-14(18-2)9-15(8-13)19-3/h4-10H,1-3H3. The lowest BCUT2D eigenvalue weighted by Crippen LogP contribution is -1.92. The molecule has 19 heavy (non-hydrogen) atoms. The van der Waals surface area contributed by atoms with Crippen LogP contribution < -0.4 is 9.47 Å². The van der Waals surface area contributed by atoms with E-state index in [0.29, 0.717) is 17.1 Å². The van der Waals surface area contributed by atoms with Crippen LogP contribution >= 0.6 is 0 Å². The summed E-state index contributed by atoms with van der Waals surface area (Å²) >= 11 is 0. The van der Waals surface area contributed by atoms with Gasteiger partial charge in [0, 0.05) is 11.6 Å². The summed E-state index contributed by atoms with van der Waals surface area (Å²) in [4.78, 5) is 11.2. The van der Waals surface area contributed by atoms with E-state index < -0.39 is 0 Å². The molecule has 0 aromatic heterocycles. The highest BCUT2D eigenvalue weighted by Crippen LogP contribution is 2.31. The molecular formula is C16H16O3. The molecule has 0 unspecified atom stereocenters. The highest BCUT2D eigenvalue weighted by Gasteiger charge is 2.08. The molecule has 0 heterocycles. The molecule has 3 nitrogen and oxygen atoms in total. The molecule has 2 aromatic carbocycles. The van der Waals surface area contributed by atoms with E-state index in [1.807, 2.05) is 37.3 Å². The monoisotopic (exact) mass is 256 g/mol. The molecule has 0 atom stereocenters. The zero-order valence-electron chi connectivity index (χ0n) is 11.3. The normalized spacial score (nSPS) is 10.1. The van der Waals surface area contributed by atoms with Crippen molar-refractivity contribution in [3.63, 3.8) is 0 Å². The van der Waals surface area contributed by atoms with E-state index in [1.165, 1.54) is 0 Å². The van der Waals surface area contributed by atoms with Crippen molar-refractivity contribution in [3.05, 3.63) is 47.5 Å². The number of rotatable bonds is 4. The largest absolute Gasteiger partial charge is 0.497 e. The van der Waals surface area contributed by atoms with Gasteiger partial charge in [0.2, 0.25) is 0 Å². The topological polar surface area (TPSA) is 35.5 Å². The Morgan fingerprint density at radius 1 is 0.947 bits per heavy atom. The molecule has 0 fully saturated rings. The average molecular weight is 256 g/mol. The van der Waals surface area contributed by atoms with Crippen LogP contribution in [0, 0.1) is 6.92 Å². The first kappa shape index (κ1) is 13.1. The van der Waals surface area contributed by atoms with Crippen LogP contribution in [-0.2, 0) is 0 Å². The summed E-state index contributed by atoms with van der Waals surface area (Å²) in [6.07, 6.45) is 0.862. The summed E-state index contributed by atoms with van der Waals surface area (Å²) in [6, 6.07) is 11.3. The zero-order valence-corrected chi connectivity index (χ0v) is 11.3. The van der Waals surface area contributed by atoms with Crippen molar-refractivity contribution in [2.24, 2.45) is 0 Å². The van der Waals surface area contributed by atoms with Crippen molar-refractivity contribution in [3.8, 4) is 22.6 Å². The van der Waals surface area contributed by atoms with Gasteiger partial charge in [0.25, 0.3) is 0 Å². The van der Waals surface area contributed by atoms with E-state index in [-0.39, 0.29) is 0 Å². The van der Waals surface area contributed by atoms with E-state index in [9.17, 15) is 4.79 Å². The molecule has 3 heteroatoms. The number of ether oxygens (including phenoxy) is 2. The Morgan fingerprint density at radius 2 is 1.58 bits per heavy atom. The first-order chi connectivity index (χ1) is 9.17. The summed E-state index contributed by atoms with van der Waals surface area (Å²) in [5.74, 6) is 1.40. The van der Waals surface area contributed by atoms with Crippen molar-refractivity contribution in [2.45, 2.75) is 6.92 Å². The number of carbonyl (C=O) groups is 1. The molecule has 0 aliphatic rings. The van der Waals surface area contributed by atoms with Crippen LogP contribution in [0.3, 0.4) is 0 Å². The van der Waals surface area contributed by atoms with Crippen LogP contribution in [0.15, 0.2) is 36.4 Å². The lowest BCUT2D eigenvalue weighted by molar-refractivity contribution is 0.112. The fourth-order valence-electron chi connectivity index (χ4n) is 1.99. The van der Waals surface area contributed by atoms with E-state index in [4.69, 9.17) is 9.47 Å². The van der Waals surface area contributed by atoms with E-state index in [2.05, 4.69) is 0 Å². The number of hydrogen-bond acceptors (Lipinski definition) is 3. The van der Waals surface area contributed by atoms with Crippen LogP contribution in [0.4, 0.5) is 0 Å². The Labute approximate surface area is 112 Å². The van der Waals surface area contributed by atoms with Gasteiger partial charge >= 0.3 is 0 Å². The van der Waals surface area contributed by atoms with Gasteiger partial charge in [0.1, 0.15) is 11.5 Å². The maximum Gasteiger partial charge on any atom is 0.150 e. The van der Waals surface area contributed by atoms with Crippen molar-refractivity contribution < 1.29 is 14.3 Å². The first-order valence-electron chi connectivity index (χ1n) is 5.97. The molecule has 2 aromatic rings. The highest BCUT2D eigenvalue weighted by molar-refractivity contribution is 5.88. The van der Waals surface area contributed by atoms with Gasteiger partial charge in [-0.05, 0) is 30.2 Å². The van der Waals surface area contributed by atoms with Crippen molar-refractivity contribution in [1.82, 2.24) is 0 Å². The van der Waals surface area contributed by atoms with Gasteiger partial charge in [0.05, 0.1) is 14.2 Å². The fourth-order valence-corrected chi connectivity index (χ4v) is 1.99. The van der Waals surface area contributed by atoms with Crippen molar-refractivity contribution in [2.75, 3.05) is 14.2 Å². The molecule has 98 valence electrons. The third-order valence-electron chi connectivity index (χ3n) is 3.00. The molecule has 0 N–H and O–H groups in total. The molecule has 0 saturated heterocycles. The third-order valence-corrected chi connectivity index (χ3v) is 3.00. The number of benzene rings is 2. The van der Waals surface area contributed by atoms with E-state index >= 15 is 0 Å². The van der Waals surface area contributed by atoms with Gasteiger partial charge in [-0.1, -0.05) is 23.8 Å². The Morgan fingerprint density at radius 3 is 2.11 bits per heavy atom. The zero-order chi connectivity index (χ0) is 13.8. The SMILES string of the molecule is COc1cc(OC)cc(-c2cc(C)ccc2C=O)c1. The molecule has 0 aliphatic carbocycles. The minimum absolute atomic E-state index is 0.654. The van der Waals surface area contributed by atoms with Crippen LogP contribution in [-0.4, -0.2) is 20.5 Å². The Hall–Kier alpha value is -2.29. The molecule has 0 bridgehead atoms. The van der Waals surface area contributed by atoms with Gasteiger partial charge in [-0.15, -0.1) is 0 Å². The maximum atomic E-state index is 11.2. The van der Waals surface area contributed by atoms with Crippen LogP contribution in [0.25, 0.3) is 11.1 Å². The smallest absolute Gasteiger partial charge is 0.150 e. The molecule has 0 amide bonds. The molecule has 0 saturated carbocycles. The second-order valence-corrected chi connectivity index (χ2v) is 4.31. The van der Waals surface area contributed by atoms with E-state index in [1.54, 1.807) is 20.3 Å². The van der Waals surface area contributed by atoms with Crippen molar-refractivity contribution in [1.29, 1.82) is 0 Å². The summed E-state index contributed by atoms with van der Waals surface area (Å²) in [6.45, 7) is 2.00. The Balaban J connectivity index is 2.63. The quantitative estimate of drug-likeness (QED) is 0.785. The number of carbonyl (C=O) groups excluding carboxylic acids is 1. The Bertz CT molecular complexity index is 581.